The van der Waals surface area contributed by atoms with E-state index in [-0.39, 0.29) is 23.1 Å². The third-order valence-corrected chi connectivity index (χ3v) is 5.54. The molecule has 1 fully saturated rings. The lowest BCUT2D eigenvalue weighted by Gasteiger charge is -2.31. The molecule has 1 aromatic heterocycles. The fourth-order valence-electron chi connectivity index (χ4n) is 3.91. The molecule has 0 atom stereocenters. The Morgan fingerprint density at radius 1 is 1.07 bits per heavy atom. The van der Waals surface area contributed by atoms with Crippen molar-refractivity contribution in [1.29, 1.82) is 0 Å². The maximum atomic E-state index is 13.2. The normalized spacial score (nSPS) is 14.4. The molecule has 154 valence electrons. The van der Waals surface area contributed by atoms with Crippen LogP contribution in [0.25, 0.3) is 0 Å². The standard InChI is InChI=1S/C23H29N3O3/c1-3-24-22(28)19-15-26(14-17-10-6-4-7-11-17)16-20(21(19)27)23(29)25(2)18-12-8-5-9-13-18/h4,6-7,10-11,15-16,18H,3,5,8-9,12-14H2,1-2H3,(H,24,28). The molecule has 3 rings (SSSR count). The van der Waals surface area contributed by atoms with Gasteiger partial charge in [0.15, 0.2) is 0 Å². The molecule has 2 aromatic rings. The summed E-state index contributed by atoms with van der Waals surface area (Å²) >= 11 is 0. The largest absolute Gasteiger partial charge is 0.352 e. The fraction of sp³-hybridized carbons (Fsp3) is 0.435. The van der Waals surface area contributed by atoms with Gasteiger partial charge in [-0.3, -0.25) is 14.4 Å². The third kappa shape index (κ3) is 4.94. The van der Waals surface area contributed by atoms with E-state index in [9.17, 15) is 14.4 Å². The van der Waals surface area contributed by atoms with Crippen LogP contribution in [-0.2, 0) is 6.54 Å². The van der Waals surface area contributed by atoms with Crippen LogP contribution in [0, 0.1) is 0 Å². The number of nitrogens with zero attached hydrogens (tertiary/aromatic N) is 2. The first-order valence-electron chi connectivity index (χ1n) is 10.3. The van der Waals surface area contributed by atoms with Gasteiger partial charge >= 0.3 is 0 Å². The molecule has 0 saturated heterocycles. The van der Waals surface area contributed by atoms with Crippen molar-refractivity contribution in [3.63, 3.8) is 0 Å². The quantitative estimate of drug-likeness (QED) is 0.817. The topological polar surface area (TPSA) is 71.4 Å². The highest BCUT2D eigenvalue weighted by molar-refractivity contribution is 5.99. The lowest BCUT2D eigenvalue weighted by Crippen LogP contribution is -2.41. The van der Waals surface area contributed by atoms with Gasteiger partial charge in [0.05, 0.1) is 0 Å². The molecular formula is C23H29N3O3. The summed E-state index contributed by atoms with van der Waals surface area (Å²) in [4.78, 5) is 40.3. The summed E-state index contributed by atoms with van der Waals surface area (Å²) in [5.74, 6) is -0.760. The minimum Gasteiger partial charge on any atom is -0.352 e. The molecule has 0 bridgehead atoms. The second kappa shape index (κ2) is 9.54. The van der Waals surface area contributed by atoms with Crippen LogP contribution in [0.2, 0.25) is 0 Å². The summed E-state index contributed by atoms with van der Waals surface area (Å²) in [6.45, 7) is 2.68. The van der Waals surface area contributed by atoms with E-state index in [2.05, 4.69) is 5.32 Å². The number of hydrogen-bond donors (Lipinski definition) is 1. The molecule has 1 aromatic carbocycles. The highest BCUT2D eigenvalue weighted by Gasteiger charge is 2.26. The lowest BCUT2D eigenvalue weighted by atomic mass is 9.94. The summed E-state index contributed by atoms with van der Waals surface area (Å²) in [6.07, 6.45) is 8.42. The zero-order chi connectivity index (χ0) is 20.8. The summed E-state index contributed by atoms with van der Waals surface area (Å²) in [5, 5.41) is 2.68. The highest BCUT2D eigenvalue weighted by Crippen LogP contribution is 2.22. The van der Waals surface area contributed by atoms with Crippen molar-refractivity contribution in [3.05, 3.63) is 69.6 Å². The second-order valence-electron chi connectivity index (χ2n) is 7.64. The number of benzene rings is 1. The number of hydrogen-bond acceptors (Lipinski definition) is 3. The summed E-state index contributed by atoms with van der Waals surface area (Å²) < 4.78 is 1.75. The first-order valence-corrected chi connectivity index (χ1v) is 10.3. The van der Waals surface area contributed by atoms with Crippen molar-refractivity contribution in [2.75, 3.05) is 13.6 Å². The average Bonchev–Trinajstić information content (AvgIpc) is 2.75. The van der Waals surface area contributed by atoms with Crippen LogP contribution >= 0.6 is 0 Å². The van der Waals surface area contributed by atoms with Crippen LogP contribution in [-0.4, -0.2) is 40.9 Å². The minimum absolute atomic E-state index is 0.00525. The number of aromatic nitrogens is 1. The summed E-state index contributed by atoms with van der Waals surface area (Å²) in [6, 6.07) is 9.89. The number of nitrogens with one attached hydrogen (secondary N) is 1. The van der Waals surface area contributed by atoms with E-state index in [1.165, 1.54) is 12.6 Å². The van der Waals surface area contributed by atoms with Gasteiger partial charge in [0.2, 0.25) is 5.43 Å². The van der Waals surface area contributed by atoms with Crippen molar-refractivity contribution in [2.45, 2.75) is 51.6 Å². The molecule has 1 aliphatic rings. The van der Waals surface area contributed by atoms with Crippen molar-refractivity contribution in [1.82, 2.24) is 14.8 Å². The number of carbonyl (C=O) groups excluding carboxylic acids is 2. The molecule has 1 aliphatic carbocycles. The van der Waals surface area contributed by atoms with Gasteiger partial charge in [0, 0.05) is 38.6 Å². The Hall–Kier alpha value is -2.89. The van der Waals surface area contributed by atoms with Crippen molar-refractivity contribution >= 4 is 11.8 Å². The summed E-state index contributed by atoms with van der Waals surface area (Å²) in [5.41, 5.74) is 0.577. The van der Waals surface area contributed by atoms with Crippen LogP contribution in [0.15, 0.2) is 47.5 Å². The number of carbonyl (C=O) groups is 2. The molecule has 0 aliphatic heterocycles. The Kier molecular flexibility index (Phi) is 6.86. The SMILES string of the molecule is CCNC(=O)c1cn(Cc2ccccc2)cc(C(=O)N(C)C2CCCCC2)c1=O. The Morgan fingerprint density at radius 3 is 2.38 bits per heavy atom. The van der Waals surface area contributed by atoms with E-state index in [4.69, 9.17) is 0 Å². The fourth-order valence-corrected chi connectivity index (χ4v) is 3.91. The molecule has 1 N–H and O–H groups in total. The van der Waals surface area contributed by atoms with E-state index in [1.807, 2.05) is 30.3 Å². The van der Waals surface area contributed by atoms with Gasteiger partial charge in [0.1, 0.15) is 11.1 Å². The van der Waals surface area contributed by atoms with Crippen LogP contribution in [0.4, 0.5) is 0 Å². The Balaban J connectivity index is 1.98. The van der Waals surface area contributed by atoms with Crippen LogP contribution in [0.5, 0.6) is 0 Å². The van der Waals surface area contributed by atoms with E-state index in [1.54, 1.807) is 29.6 Å². The van der Waals surface area contributed by atoms with Crippen molar-refractivity contribution in [3.8, 4) is 0 Å². The average molecular weight is 396 g/mol. The smallest absolute Gasteiger partial charge is 0.259 e. The maximum absolute atomic E-state index is 13.2. The second-order valence-corrected chi connectivity index (χ2v) is 7.64. The van der Waals surface area contributed by atoms with Gasteiger partial charge in [-0.05, 0) is 25.3 Å². The molecule has 0 unspecified atom stereocenters. The summed E-state index contributed by atoms with van der Waals surface area (Å²) in [7, 11) is 1.76. The maximum Gasteiger partial charge on any atom is 0.259 e. The molecule has 29 heavy (non-hydrogen) atoms. The molecular weight excluding hydrogens is 366 g/mol. The Morgan fingerprint density at radius 2 is 1.72 bits per heavy atom. The number of rotatable bonds is 6. The molecule has 2 amide bonds. The van der Waals surface area contributed by atoms with Gasteiger partial charge in [-0.2, -0.15) is 0 Å². The number of pyridine rings is 1. The van der Waals surface area contributed by atoms with E-state index >= 15 is 0 Å². The predicted molar refractivity (Wildman–Crippen MR) is 113 cm³/mol. The third-order valence-electron chi connectivity index (χ3n) is 5.54. The first kappa shape index (κ1) is 20.8. The van der Waals surface area contributed by atoms with Crippen LogP contribution < -0.4 is 10.7 Å². The highest BCUT2D eigenvalue weighted by atomic mass is 16.2. The lowest BCUT2D eigenvalue weighted by molar-refractivity contribution is 0.0694. The molecule has 6 nitrogen and oxygen atoms in total. The Bertz CT molecular complexity index is 915. The van der Waals surface area contributed by atoms with Crippen LogP contribution in [0.3, 0.4) is 0 Å². The van der Waals surface area contributed by atoms with E-state index in [0.717, 1.165) is 31.2 Å². The van der Waals surface area contributed by atoms with E-state index in [0.29, 0.717) is 13.1 Å². The molecule has 1 saturated carbocycles. The molecule has 1 heterocycles. The van der Waals surface area contributed by atoms with Gasteiger partial charge in [0.25, 0.3) is 11.8 Å². The molecule has 0 radical (unpaired) electrons. The predicted octanol–water partition coefficient (Wildman–Crippen LogP) is 3.05. The molecule has 0 spiro atoms. The van der Waals surface area contributed by atoms with Gasteiger partial charge < -0.3 is 14.8 Å². The van der Waals surface area contributed by atoms with E-state index < -0.39 is 11.3 Å². The van der Waals surface area contributed by atoms with Crippen molar-refractivity contribution in [2.24, 2.45) is 0 Å². The number of amides is 2. The van der Waals surface area contributed by atoms with Crippen LogP contribution in [0.1, 0.15) is 65.3 Å². The van der Waals surface area contributed by atoms with Crippen molar-refractivity contribution < 1.29 is 9.59 Å². The van der Waals surface area contributed by atoms with Gasteiger partial charge in [-0.15, -0.1) is 0 Å². The molecule has 6 heteroatoms. The minimum atomic E-state index is -0.507. The van der Waals surface area contributed by atoms with Gasteiger partial charge in [-0.1, -0.05) is 49.6 Å². The van der Waals surface area contributed by atoms with Gasteiger partial charge in [-0.25, -0.2) is 0 Å². The zero-order valence-electron chi connectivity index (χ0n) is 17.2. The monoisotopic (exact) mass is 395 g/mol. The first-order chi connectivity index (χ1) is 14.0. The zero-order valence-corrected chi connectivity index (χ0v) is 17.2. The Labute approximate surface area is 171 Å².